The predicted molar refractivity (Wildman–Crippen MR) is 58.5 cm³/mol. The van der Waals surface area contributed by atoms with E-state index in [1.54, 1.807) is 19.3 Å². The standard InChI is InChI=1S/C9H14N4O4/c1-9(17,7(14)15)5-10-8(16)11-6-3-4-13(2)12-6/h3-4,17H,5H2,1-2H3,(H,14,15)(H2,10,11,12,16). The summed E-state index contributed by atoms with van der Waals surface area (Å²) < 4.78 is 1.50. The molecule has 4 N–H and O–H groups in total. The minimum absolute atomic E-state index is 0.333. The summed E-state index contributed by atoms with van der Waals surface area (Å²) in [7, 11) is 1.69. The second-order valence-electron chi connectivity index (χ2n) is 3.76. The molecular weight excluding hydrogens is 228 g/mol. The van der Waals surface area contributed by atoms with Crippen molar-refractivity contribution in [3.8, 4) is 0 Å². The van der Waals surface area contributed by atoms with E-state index in [2.05, 4.69) is 15.7 Å². The van der Waals surface area contributed by atoms with Crippen LogP contribution < -0.4 is 10.6 Å². The van der Waals surface area contributed by atoms with Crippen LogP contribution in [0.25, 0.3) is 0 Å². The lowest BCUT2D eigenvalue weighted by Gasteiger charge is -2.18. The minimum Gasteiger partial charge on any atom is -0.479 e. The first-order valence-electron chi connectivity index (χ1n) is 4.81. The molecule has 1 atom stereocenters. The maximum atomic E-state index is 11.3. The molecule has 8 nitrogen and oxygen atoms in total. The molecule has 1 heterocycles. The van der Waals surface area contributed by atoms with Gasteiger partial charge >= 0.3 is 12.0 Å². The number of nitrogens with zero attached hydrogens (tertiary/aromatic N) is 2. The molecule has 0 aliphatic heterocycles. The molecule has 1 rings (SSSR count). The van der Waals surface area contributed by atoms with Crippen molar-refractivity contribution in [2.75, 3.05) is 11.9 Å². The molecule has 8 heteroatoms. The van der Waals surface area contributed by atoms with Crippen molar-refractivity contribution in [1.82, 2.24) is 15.1 Å². The monoisotopic (exact) mass is 242 g/mol. The zero-order chi connectivity index (χ0) is 13.1. The number of hydrogen-bond donors (Lipinski definition) is 4. The van der Waals surface area contributed by atoms with Crippen molar-refractivity contribution in [1.29, 1.82) is 0 Å². The van der Waals surface area contributed by atoms with Crippen molar-refractivity contribution in [3.63, 3.8) is 0 Å². The number of aliphatic carboxylic acids is 1. The summed E-state index contributed by atoms with van der Waals surface area (Å²) in [4.78, 5) is 21.9. The Hall–Kier alpha value is -2.09. The largest absolute Gasteiger partial charge is 0.479 e. The third-order valence-electron chi connectivity index (χ3n) is 2.01. The van der Waals surface area contributed by atoms with Gasteiger partial charge in [0.05, 0.1) is 6.54 Å². The van der Waals surface area contributed by atoms with Gasteiger partial charge in [0.1, 0.15) is 0 Å². The number of carbonyl (C=O) groups excluding carboxylic acids is 1. The number of aryl methyl sites for hydroxylation is 1. The lowest BCUT2D eigenvalue weighted by molar-refractivity contribution is -0.155. The number of carboxylic acid groups (broad SMARTS) is 1. The number of aromatic nitrogens is 2. The fourth-order valence-electron chi connectivity index (χ4n) is 0.970. The SMILES string of the molecule is Cn1ccc(NC(=O)NCC(C)(O)C(=O)O)n1. The van der Waals surface area contributed by atoms with Crippen LogP contribution in [0.3, 0.4) is 0 Å². The maximum Gasteiger partial charge on any atom is 0.337 e. The van der Waals surface area contributed by atoms with Crippen LogP contribution in [-0.2, 0) is 11.8 Å². The van der Waals surface area contributed by atoms with Crippen LogP contribution in [0.2, 0.25) is 0 Å². The molecule has 0 aliphatic rings. The Kier molecular flexibility index (Phi) is 3.69. The summed E-state index contributed by atoms with van der Waals surface area (Å²) >= 11 is 0. The van der Waals surface area contributed by atoms with E-state index in [0.717, 1.165) is 6.92 Å². The van der Waals surface area contributed by atoms with Gasteiger partial charge in [0.2, 0.25) is 0 Å². The van der Waals surface area contributed by atoms with Gasteiger partial charge in [-0.05, 0) is 6.92 Å². The molecule has 0 aliphatic carbocycles. The van der Waals surface area contributed by atoms with Crippen LogP contribution >= 0.6 is 0 Å². The fraction of sp³-hybridized carbons (Fsp3) is 0.444. The number of carbonyl (C=O) groups is 2. The Balaban J connectivity index is 2.43. The van der Waals surface area contributed by atoms with Gasteiger partial charge in [-0.1, -0.05) is 0 Å². The Bertz CT molecular complexity index is 426. The molecule has 1 unspecified atom stereocenters. The highest BCUT2D eigenvalue weighted by atomic mass is 16.4. The van der Waals surface area contributed by atoms with Gasteiger partial charge in [-0.2, -0.15) is 5.10 Å². The van der Waals surface area contributed by atoms with Gasteiger partial charge in [0.15, 0.2) is 11.4 Å². The highest BCUT2D eigenvalue weighted by molar-refractivity contribution is 5.88. The molecule has 0 saturated carbocycles. The molecule has 1 aromatic rings. The Morgan fingerprint density at radius 2 is 2.24 bits per heavy atom. The topological polar surface area (TPSA) is 116 Å². The molecule has 0 aromatic carbocycles. The highest BCUT2D eigenvalue weighted by Gasteiger charge is 2.30. The number of aliphatic hydroxyl groups is 1. The molecule has 17 heavy (non-hydrogen) atoms. The van der Waals surface area contributed by atoms with Crippen LogP contribution in [0.4, 0.5) is 10.6 Å². The predicted octanol–water partition coefficient (Wildman–Crippen LogP) is -0.623. The van der Waals surface area contributed by atoms with E-state index in [-0.39, 0.29) is 0 Å². The van der Waals surface area contributed by atoms with Gasteiger partial charge in [-0.25, -0.2) is 9.59 Å². The van der Waals surface area contributed by atoms with E-state index in [0.29, 0.717) is 5.82 Å². The molecule has 0 spiro atoms. The zero-order valence-electron chi connectivity index (χ0n) is 9.47. The molecular formula is C9H14N4O4. The molecule has 0 fully saturated rings. The number of urea groups is 1. The average molecular weight is 242 g/mol. The minimum atomic E-state index is -2.00. The summed E-state index contributed by atoms with van der Waals surface area (Å²) in [5, 5.41) is 26.5. The zero-order valence-corrected chi connectivity index (χ0v) is 9.47. The Morgan fingerprint density at radius 1 is 1.59 bits per heavy atom. The van der Waals surface area contributed by atoms with Crippen LogP contribution in [-0.4, -0.2) is 44.1 Å². The lowest BCUT2D eigenvalue weighted by Crippen LogP contribution is -2.47. The molecule has 0 radical (unpaired) electrons. The molecule has 1 aromatic heterocycles. The number of nitrogens with one attached hydrogen (secondary N) is 2. The molecule has 0 bridgehead atoms. The third kappa shape index (κ3) is 3.76. The second-order valence-corrected chi connectivity index (χ2v) is 3.76. The number of hydrogen-bond acceptors (Lipinski definition) is 4. The van der Waals surface area contributed by atoms with Crippen molar-refractivity contribution in [3.05, 3.63) is 12.3 Å². The Morgan fingerprint density at radius 3 is 2.71 bits per heavy atom. The summed E-state index contributed by atoms with van der Waals surface area (Å²) in [5.41, 5.74) is -2.00. The van der Waals surface area contributed by atoms with Gasteiger partial charge in [-0.3, -0.25) is 10.00 Å². The highest BCUT2D eigenvalue weighted by Crippen LogP contribution is 2.02. The quantitative estimate of drug-likeness (QED) is 0.561. The first kappa shape index (κ1) is 13.0. The van der Waals surface area contributed by atoms with Gasteiger partial charge in [-0.15, -0.1) is 0 Å². The van der Waals surface area contributed by atoms with E-state index >= 15 is 0 Å². The van der Waals surface area contributed by atoms with E-state index in [1.807, 2.05) is 0 Å². The van der Waals surface area contributed by atoms with Crippen LogP contribution in [0, 0.1) is 0 Å². The van der Waals surface area contributed by atoms with Gasteiger partial charge in [0.25, 0.3) is 0 Å². The third-order valence-corrected chi connectivity index (χ3v) is 2.01. The first-order chi connectivity index (χ1) is 7.81. The van der Waals surface area contributed by atoms with Crippen molar-refractivity contribution in [2.24, 2.45) is 7.05 Å². The van der Waals surface area contributed by atoms with Crippen molar-refractivity contribution >= 4 is 17.8 Å². The number of amides is 2. The smallest absolute Gasteiger partial charge is 0.337 e. The Labute approximate surface area is 97.2 Å². The van der Waals surface area contributed by atoms with E-state index in [9.17, 15) is 14.7 Å². The van der Waals surface area contributed by atoms with Crippen molar-refractivity contribution < 1.29 is 19.8 Å². The summed E-state index contributed by atoms with van der Waals surface area (Å²) in [6.45, 7) is 0.692. The number of carboxylic acids is 1. The fourth-order valence-corrected chi connectivity index (χ4v) is 0.970. The summed E-state index contributed by atoms with van der Waals surface area (Å²) in [6.07, 6.45) is 1.64. The average Bonchev–Trinajstić information content (AvgIpc) is 2.61. The molecule has 94 valence electrons. The van der Waals surface area contributed by atoms with Crippen LogP contribution in [0.1, 0.15) is 6.92 Å². The maximum absolute atomic E-state index is 11.3. The van der Waals surface area contributed by atoms with Gasteiger partial charge in [0, 0.05) is 19.3 Å². The van der Waals surface area contributed by atoms with Crippen molar-refractivity contribution in [2.45, 2.75) is 12.5 Å². The normalized spacial score (nSPS) is 13.8. The second kappa shape index (κ2) is 4.83. The number of anilines is 1. The summed E-state index contributed by atoms with van der Waals surface area (Å²) in [6, 6.07) is 0.944. The van der Waals surface area contributed by atoms with Gasteiger partial charge < -0.3 is 15.5 Å². The van der Waals surface area contributed by atoms with Crippen LogP contribution in [0.15, 0.2) is 12.3 Å². The van der Waals surface area contributed by atoms with E-state index in [4.69, 9.17) is 5.11 Å². The van der Waals surface area contributed by atoms with E-state index < -0.39 is 24.1 Å². The number of rotatable bonds is 4. The first-order valence-corrected chi connectivity index (χ1v) is 4.81. The molecule has 2 amide bonds. The lowest BCUT2D eigenvalue weighted by atomic mass is 10.1. The van der Waals surface area contributed by atoms with Crippen LogP contribution in [0.5, 0.6) is 0 Å². The molecule has 0 saturated heterocycles. The van der Waals surface area contributed by atoms with E-state index in [1.165, 1.54) is 4.68 Å². The summed E-state index contributed by atoms with van der Waals surface area (Å²) in [5.74, 6) is -1.07.